The average Bonchev–Trinajstić information content (AvgIpc) is 3.47. The Labute approximate surface area is 210 Å². The molecule has 0 unspecified atom stereocenters. The highest BCUT2D eigenvalue weighted by Gasteiger charge is 2.45. The molecule has 2 aliphatic rings. The first-order valence-electron chi connectivity index (χ1n) is 12.1. The van der Waals surface area contributed by atoms with Gasteiger partial charge in [0.15, 0.2) is 5.60 Å². The Balaban J connectivity index is 1.59. The van der Waals surface area contributed by atoms with Crippen molar-refractivity contribution >= 4 is 16.9 Å². The van der Waals surface area contributed by atoms with Crippen molar-refractivity contribution in [1.82, 2.24) is 29.9 Å². The average molecular weight is 505 g/mol. The largest absolute Gasteiger partial charge is 0.458 e. The highest BCUT2D eigenvalue weighted by Crippen LogP contribution is 2.40. The number of nitrogens with one attached hydrogen (secondary N) is 1. The molecule has 190 valence electrons. The quantitative estimate of drug-likeness (QED) is 0.348. The zero-order chi connectivity index (χ0) is 26.1. The van der Waals surface area contributed by atoms with Crippen molar-refractivity contribution in [2.45, 2.75) is 52.1 Å². The summed E-state index contributed by atoms with van der Waals surface area (Å²) in [7, 11) is 1.83. The van der Waals surface area contributed by atoms with Gasteiger partial charge in [0, 0.05) is 29.1 Å². The molecule has 0 spiro atoms. The molecule has 0 saturated carbocycles. The van der Waals surface area contributed by atoms with E-state index in [1.54, 1.807) is 35.2 Å². The van der Waals surface area contributed by atoms with Crippen LogP contribution in [0.25, 0.3) is 22.3 Å². The maximum atomic E-state index is 14.6. The van der Waals surface area contributed by atoms with Crippen molar-refractivity contribution < 1.29 is 19.0 Å². The van der Waals surface area contributed by atoms with E-state index < -0.39 is 11.6 Å². The zero-order valence-corrected chi connectivity index (χ0v) is 20.6. The lowest BCUT2D eigenvalue weighted by Crippen LogP contribution is -2.44. The van der Waals surface area contributed by atoms with Crippen molar-refractivity contribution in [1.29, 1.82) is 0 Å². The Morgan fingerprint density at radius 1 is 1.24 bits per heavy atom. The van der Waals surface area contributed by atoms with Gasteiger partial charge in [-0.3, -0.25) is 4.79 Å². The van der Waals surface area contributed by atoms with Gasteiger partial charge < -0.3 is 19.7 Å². The number of nitrogens with zero attached hydrogens (tertiary/aromatic N) is 5. The number of aliphatic hydroxyl groups is 1. The Bertz CT molecular complexity index is 1680. The fourth-order valence-corrected chi connectivity index (χ4v) is 5.31. The van der Waals surface area contributed by atoms with Crippen LogP contribution in [0.15, 0.2) is 29.2 Å². The van der Waals surface area contributed by atoms with E-state index in [0.717, 1.165) is 22.2 Å². The molecular formula is C26H25FN6O4. The Morgan fingerprint density at radius 2 is 2.05 bits per heavy atom. The summed E-state index contributed by atoms with van der Waals surface area (Å²) < 4.78 is 23.1. The second-order valence-electron chi connectivity index (χ2n) is 9.58. The summed E-state index contributed by atoms with van der Waals surface area (Å²) in [5, 5.41) is 23.4. The van der Waals surface area contributed by atoms with Gasteiger partial charge in [-0.25, -0.2) is 18.9 Å². The third-order valence-corrected chi connectivity index (χ3v) is 7.35. The molecule has 0 bridgehead atoms. The maximum absolute atomic E-state index is 14.6. The van der Waals surface area contributed by atoms with Crippen LogP contribution in [0, 0.1) is 12.7 Å². The van der Waals surface area contributed by atoms with Crippen LogP contribution in [-0.2, 0) is 41.4 Å². The Hall–Kier alpha value is -3.96. The third-order valence-electron chi connectivity index (χ3n) is 7.35. The van der Waals surface area contributed by atoms with E-state index in [-0.39, 0.29) is 42.1 Å². The van der Waals surface area contributed by atoms with E-state index in [0.29, 0.717) is 35.6 Å². The monoisotopic (exact) mass is 504 g/mol. The summed E-state index contributed by atoms with van der Waals surface area (Å²) in [6.07, 6.45) is 1.89. The van der Waals surface area contributed by atoms with Gasteiger partial charge in [-0.2, -0.15) is 0 Å². The summed E-state index contributed by atoms with van der Waals surface area (Å²) in [5.41, 5.74) is 2.56. The van der Waals surface area contributed by atoms with Gasteiger partial charge in [-0.05, 0) is 43.7 Å². The highest BCUT2D eigenvalue weighted by molar-refractivity contribution is 5.89. The fourth-order valence-electron chi connectivity index (χ4n) is 5.31. The first kappa shape index (κ1) is 23.4. The molecule has 0 saturated heterocycles. The van der Waals surface area contributed by atoms with Crippen molar-refractivity contribution in [3.63, 3.8) is 0 Å². The predicted molar refractivity (Wildman–Crippen MR) is 131 cm³/mol. The van der Waals surface area contributed by atoms with Crippen LogP contribution in [0.4, 0.5) is 4.39 Å². The second kappa shape index (κ2) is 8.29. The molecule has 4 aromatic rings. The number of carbonyl (C=O) groups is 1. The molecule has 0 fully saturated rings. The molecule has 6 rings (SSSR count). The molecule has 37 heavy (non-hydrogen) atoms. The zero-order valence-electron chi connectivity index (χ0n) is 20.6. The number of carbonyl (C=O) groups excluding carboxylic acids is 1. The highest BCUT2D eigenvalue weighted by atomic mass is 19.1. The molecule has 0 radical (unpaired) electrons. The molecule has 10 nitrogen and oxygen atoms in total. The standard InChI is InChI=1S/C26H25FN6O4/c1-4-26(36)19-6-22-23-17(11-33(22)24(34)18(19)12-37-25(26)35)16(10-32-9-14(8-28-3)30-31-32)15-5-13(2)20(27)7-21(15)29-23/h5-7,9,28,36H,4,8,10-12H2,1-3H3/t26-/m0/s1. The number of fused-ring (bicyclic) bond motifs is 5. The van der Waals surface area contributed by atoms with Crippen LogP contribution in [0.2, 0.25) is 0 Å². The van der Waals surface area contributed by atoms with Crippen molar-refractivity contribution in [3.8, 4) is 11.4 Å². The molecule has 3 aromatic heterocycles. The SMILES string of the molecule is CC[C@@]1(O)C(=O)OCc2c1cc1n(c2=O)Cc2c-1nc1cc(F)c(C)cc1c2Cn1cc(CNC)nn1. The molecule has 1 atom stereocenters. The number of cyclic esters (lactones) is 1. The van der Waals surface area contributed by atoms with Gasteiger partial charge in [0.25, 0.3) is 5.56 Å². The number of halogens is 1. The molecule has 1 aromatic carbocycles. The van der Waals surface area contributed by atoms with Crippen LogP contribution in [0.3, 0.4) is 0 Å². The van der Waals surface area contributed by atoms with Crippen LogP contribution in [-0.4, -0.2) is 42.7 Å². The van der Waals surface area contributed by atoms with E-state index >= 15 is 0 Å². The Kier molecular flexibility index (Phi) is 5.25. The molecular weight excluding hydrogens is 479 g/mol. The van der Waals surface area contributed by atoms with Gasteiger partial charge >= 0.3 is 5.97 Å². The number of hydrogen-bond acceptors (Lipinski definition) is 8. The van der Waals surface area contributed by atoms with Gasteiger partial charge in [0.05, 0.1) is 47.4 Å². The molecule has 11 heteroatoms. The fraction of sp³-hybridized carbons (Fsp3) is 0.346. The second-order valence-corrected chi connectivity index (χ2v) is 9.58. The summed E-state index contributed by atoms with van der Waals surface area (Å²) in [5.74, 6) is -1.16. The molecule has 0 amide bonds. The van der Waals surface area contributed by atoms with Gasteiger partial charge in [0.1, 0.15) is 12.4 Å². The van der Waals surface area contributed by atoms with E-state index in [9.17, 15) is 19.1 Å². The van der Waals surface area contributed by atoms with Gasteiger partial charge in [0.2, 0.25) is 0 Å². The normalized spacial score (nSPS) is 18.0. The number of rotatable bonds is 5. The lowest BCUT2D eigenvalue weighted by atomic mass is 9.86. The molecule has 2 aliphatic heterocycles. The van der Waals surface area contributed by atoms with Crippen LogP contribution in [0.5, 0.6) is 0 Å². The van der Waals surface area contributed by atoms with Crippen LogP contribution < -0.4 is 10.9 Å². The lowest BCUT2D eigenvalue weighted by Gasteiger charge is -2.31. The number of hydrogen-bond donors (Lipinski definition) is 2. The summed E-state index contributed by atoms with van der Waals surface area (Å²) >= 11 is 0. The maximum Gasteiger partial charge on any atom is 0.343 e. The van der Waals surface area contributed by atoms with E-state index in [2.05, 4.69) is 15.6 Å². The van der Waals surface area contributed by atoms with Crippen LogP contribution in [0.1, 0.15) is 46.9 Å². The number of pyridine rings is 2. The van der Waals surface area contributed by atoms with Crippen molar-refractivity contribution in [3.05, 3.63) is 74.1 Å². The third kappa shape index (κ3) is 3.41. The summed E-state index contributed by atoms with van der Waals surface area (Å²) in [6, 6.07) is 4.80. The molecule has 5 heterocycles. The number of aryl methyl sites for hydroxylation is 1. The number of esters is 1. The first-order chi connectivity index (χ1) is 17.7. The van der Waals surface area contributed by atoms with E-state index in [4.69, 9.17) is 9.72 Å². The van der Waals surface area contributed by atoms with Gasteiger partial charge in [-0.1, -0.05) is 12.1 Å². The minimum atomic E-state index is -1.92. The summed E-state index contributed by atoms with van der Waals surface area (Å²) in [6.45, 7) is 4.29. The van der Waals surface area contributed by atoms with Crippen LogP contribution >= 0.6 is 0 Å². The van der Waals surface area contributed by atoms with Crippen molar-refractivity contribution in [2.24, 2.45) is 0 Å². The smallest absolute Gasteiger partial charge is 0.343 e. The number of benzene rings is 1. The Morgan fingerprint density at radius 3 is 2.81 bits per heavy atom. The number of aromatic nitrogens is 5. The lowest BCUT2D eigenvalue weighted by molar-refractivity contribution is -0.172. The minimum Gasteiger partial charge on any atom is -0.458 e. The topological polar surface area (TPSA) is 124 Å². The molecule has 2 N–H and O–H groups in total. The number of ether oxygens (including phenoxy) is 1. The minimum absolute atomic E-state index is 0.0523. The predicted octanol–water partition coefficient (Wildman–Crippen LogP) is 1.89. The van der Waals surface area contributed by atoms with Crippen molar-refractivity contribution in [2.75, 3.05) is 7.05 Å². The first-order valence-corrected chi connectivity index (χ1v) is 12.1. The molecule has 0 aliphatic carbocycles. The van der Waals surface area contributed by atoms with E-state index in [1.165, 1.54) is 6.07 Å². The van der Waals surface area contributed by atoms with E-state index in [1.807, 2.05) is 13.2 Å². The van der Waals surface area contributed by atoms with Gasteiger partial charge in [-0.15, -0.1) is 5.10 Å². The summed E-state index contributed by atoms with van der Waals surface area (Å²) in [4.78, 5) is 30.8.